The highest BCUT2D eigenvalue weighted by Crippen LogP contribution is 2.47. The molecule has 2 aliphatic heterocycles. The van der Waals surface area contributed by atoms with Gasteiger partial charge in [-0.25, -0.2) is 0 Å². The largest absolute Gasteiger partial charge is 0.394 e. The number of likely N-dealkylation sites (tertiary alicyclic amines) is 1. The van der Waals surface area contributed by atoms with Crippen LogP contribution in [0.25, 0.3) is 0 Å². The molecular weight excluding hydrogens is 487 g/mol. The molecule has 1 N–H and O–H groups in total. The molecular formula is C29H39FN2O4Si. The molecule has 0 aliphatic carbocycles. The Morgan fingerprint density at radius 3 is 2.43 bits per heavy atom. The van der Waals surface area contributed by atoms with Crippen molar-refractivity contribution in [2.45, 2.75) is 75.9 Å². The van der Waals surface area contributed by atoms with Crippen LogP contribution in [0, 0.1) is 5.92 Å². The zero-order valence-electron chi connectivity index (χ0n) is 22.1. The van der Waals surface area contributed by atoms with Crippen LogP contribution < -0.4 is 4.90 Å². The second-order valence-electron chi connectivity index (χ2n) is 10.9. The van der Waals surface area contributed by atoms with Crippen LogP contribution in [-0.4, -0.2) is 62.1 Å². The molecule has 2 amide bonds. The number of rotatable bonds is 10. The molecule has 0 unspecified atom stereocenters. The third kappa shape index (κ3) is 6.30. The van der Waals surface area contributed by atoms with Crippen molar-refractivity contribution in [2.24, 2.45) is 5.92 Å². The fourth-order valence-corrected chi connectivity index (χ4v) is 8.76. The van der Waals surface area contributed by atoms with E-state index in [0.717, 1.165) is 49.0 Å². The van der Waals surface area contributed by atoms with Crippen LogP contribution in [0.15, 0.2) is 54.6 Å². The summed E-state index contributed by atoms with van der Waals surface area (Å²) in [6.45, 7) is 6.12. The maximum absolute atomic E-state index is 15.5. The van der Waals surface area contributed by atoms with E-state index in [2.05, 4.69) is 6.92 Å². The molecule has 4 rings (SSSR count). The van der Waals surface area contributed by atoms with Gasteiger partial charge in [-0.05, 0) is 74.5 Å². The molecule has 0 spiro atoms. The molecule has 6 nitrogen and oxygen atoms in total. The molecule has 0 aromatic heterocycles. The van der Waals surface area contributed by atoms with Gasteiger partial charge in [0.25, 0.3) is 0 Å². The topological polar surface area (TPSA) is 70.1 Å². The smallest absolute Gasteiger partial charge is 0.246 e. The van der Waals surface area contributed by atoms with E-state index in [-0.39, 0.29) is 42.5 Å². The summed E-state index contributed by atoms with van der Waals surface area (Å²) in [6.07, 6.45) is 3.66. The summed E-state index contributed by atoms with van der Waals surface area (Å²) in [5.41, 5.74) is 2.48. The first-order chi connectivity index (χ1) is 17.7. The Bertz CT molecular complexity index is 1050. The SMILES string of the molecule is C[C@H]1[C@H]([Si](C)(C)F)[C@@H](CC(=O)N2CCC[C@H]2CO)O[C@H]1CCc1ccc(N(C=O)c2ccccc2)cc1. The Morgan fingerprint density at radius 2 is 1.81 bits per heavy atom. The highest BCUT2D eigenvalue weighted by molar-refractivity contribution is 6.72. The fraction of sp³-hybridized carbons (Fsp3) is 0.517. The number of anilines is 2. The number of nitrogens with zero attached hydrogens (tertiary/aromatic N) is 2. The minimum atomic E-state index is -3.07. The minimum Gasteiger partial charge on any atom is -0.394 e. The zero-order chi connectivity index (χ0) is 26.6. The van der Waals surface area contributed by atoms with E-state index in [9.17, 15) is 14.7 Å². The number of carbonyl (C=O) groups excluding carboxylic acids is 2. The first kappa shape index (κ1) is 27.5. The third-order valence-corrected chi connectivity index (χ3v) is 10.5. The number of benzene rings is 2. The Morgan fingerprint density at radius 1 is 1.14 bits per heavy atom. The molecule has 0 bridgehead atoms. The summed E-state index contributed by atoms with van der Waals surface area (Å²) in [7, 11) is -3.07. The lowest BCUT2D eigenvalue weighted by Crippen LogP contribution is -2.42. The number of aliphatic hydroxyl groups excluding tert-OH is 1. The molecule has 2 saturated heterocycles. The predicted molar refractivity (Wildman–Crippen MR) is 146 cm³/mol. The van der Waals surface area contributed by atoms with Crippen LogP contribution >= 0.6 is 0 Å². The Balaban J connectivity index is 1.40. The van der Waals surface area contributed by atoms with Crippen LogP contribution in [0.2, 0.25) is 18.6 Å². The van der Waals surface area contributed by atoms with E-state index in [1.165, 1.54) is 0 Å². The van der Waals surface area contributed by atoms with Gasteiger partial charge < -0.3 is 18.9 Å². The van der Waals surface area contributed by atoms with Crippen molar-refractivity contribution >= 4 is 32.1 Å². The van der Waals surface area contributed by atoms with Crippen LogP contribution in [0.5, 0.6) is 0 Å². The van der Waals surface area contributed by atoms with Crippen molar-refractivity contribution in [3.63, 3.8) is 0 Å². The molecule has 37 heavy (non-hydrogen) atoms. The first-order valence-corrected chi connectivity index (χ1v) is 16.3. The number of carbonyl (C=O) groups is 2. The normalized spacial score (nSPS) is 25.9. The van der Waals surface area contributed by atoms with Gasteiger partial charge in [-0.15, -0.1) is 0 Å². The van der Waals surface area contributed by atoms with Crippen LogP contribution in [-0.2, 0) is 20.7 Å². The van der Waals surface area contributed by atoms with Gasteiger partial charge in [-0.3, -0.25) is 14.5 Å². The van der Waals surface area contributed by atoms with Crippen LogP contribution in [0.1, 0.15) is 38.2 Å². The van der Waals surface area contributed by atoms with Gasteiger partial charge in [0.05, 0.1) is 31.3 Å². The number of aliphatic hydroxyl groups is 1. The number of halogens is 1. The standard InChI is InChI=1S/C29H39FN2O4Si/c1-21-26(16-13-22-11-14-24(15-12-22)32(20-34)23-8-5-4-6-9-23)36-27(29(21)37(2,3)30)18-28(35)31-17-7-10-25(31)19-33/h4-6,8-9,11-12,14-15,20-21,25-27,29,33H,7,10,13,16-19H2,1-3H3/t21-,25+,26+,27-,29+/m1/s1. The van der Waals surface area contributed by atoms with Crippen molar-refractivity contribution in [1.29, 1.82) is 0 Å². The average Bonchev–Trinajstić information content (AvgIpc) is 3.48. The lowest BCUT2D eigenvalue weighted by molar-refractivity contribution is -0.135. The number of ether oxygens (including phenoxy) is 1. The lowest BCUT2D eigenvalue weighted by atomic mass is 9.95. The van der Waals surface area contributed by atoms with E-state index < -0.39 is 14.5 Å². The molecule has 0 radical (unpaired) electrons. The van der Waals surface area contributed by atoms with Gasteiger partial charge >= 0.3 is 0 Å². The first-order valence-electron chi connectivity index (χ1n) is 13.4. The van der Waals surface area contributed by atoms with Crippen molar-refractivity contribution in [2.75, 3.05) is 18.1 Å². The summed E-state index contributed by atoms with van der Waals surface area (Å²) in [6, 6.07) is 17.3. The van der Waals surface area contributed by atoms with Gasteiger partial charge in [-0.1, -0.05) is 37.3 Å². The van der Waals surface area contributed by atoms with Crippen LogP contribution in [0.3, 0.4) is 0 Å². The molecule has 2 fully saturated rings. The number of aryl methyl sites for hydroxylation is 1. The predicted octanol–water partition coefficient (Wildman–Crippen LogP) is 5.24. The van der Waals surface area contributed by atoms with Gasteiger partial charge in [0.15, 0.2) is 0 Å². The van der Waals surface area contributed by atoms with E-state index in [1.54, 1.807) is 22.9 Å². The second kappa shape index (κ2) is 11.9. The number of hydrogen-bond acceptors (Lipinski definition) is 4. The van der Waals surface area contributed by atoms with Gasteiger partial charge in [0.1, 0.15) is 0 Å². The lowest BCUT2D eigenvalue weighted by Gasteiger charge is -2.30. The summed E-state index contributed by atoms with van der Waals surface area (Å²) in [5, 5.41) is 9.61. The monoisotopic (exact) mass is 526 g/mol. The Kier molecular flexibility index (Phi) is 8.82. The van der Waals surface area contributed by atoms with Gasteiger partial charge in [0, 0.05) is 23.5 Å². The van der Waals surface area contributed by atoms with Crippen molar-refractivity contribution in [1.82, 2.24) is 4.90 Å². The Hall–Kier alpha value is -2.55. The summed E-state index contributed by atoms with van der Waals surface area (Å²) in [4.78, 5) is 28.1. The summed E-state index contributed by atoms with van der Waals surface area (Å²) >= 11 is 0. The highest BCUT2D eigenvalue weighted by Gasteiger charge is 2.52. The van der Waals surface area contributed by atoms with Crippen molar-refractivity contribution in [3.8, 4) is 0 Å². The molecule has 2 aromatic rings. The maximum atomic E-state index is 15.5. The van der Waals surface area contributed by atoms with Gasteiger partial charge in [-0.2, -0.15) is 0 Å². The molecule has 8 heteroatoms. The molecule has 2 aliphatic rings. The molecule has 0 saturated carbocycles. The molecule has 5 atom stereocenters. The van der Waals surface area contributed by atoms with Crippen molar-refractivity contribution < 1.29 is 23.5 Å². The Labute approximate surface area is 220 Å². The summed E-state index contributed by atoms with van der Waals surface area (Å²) < 4.78 is 21.9. The zero-order valence-corrected chi connectivity index (χ0v) is 23.1. The molecule has 2 aromatic carbocycles. The minimum absolute atomic E-state index is 0.0274. The quantitative estimate of drug-likeness (QED) is 0.261. The maximum Gasteiger partial charge on any atom is 0.246 e. The van der Waals surface area contributed by atoms with Crippen LogP contribution in [0.4, 0.5) is 15.5 Å². The van der Waals surface area contributed by atoms with E-state index >= 15 is 4.11 Å². The summed E-state index contributed by atoms with van der Waals surface area (Å²) in [5.74, 6) is -0.00835. The van der Waals surface area contributed by atoms with Gasteiger partial charge in [0.2, 0.25) is 20.7 Å². The van der Waals surface area contributed by atoms with Crippen molar-refractivity contribution in [3.05, 3.63) is 60.2 Å². The highest BCUT2D eigenvalue weighted by atomic mass is 28.4. The second-order valence-corrected chi connectivity index (χ2v) is 14.7. The number of hydrogen-bond donors (Lipinski definition) is 1. The number of amides is 2. The molecule has 200 valence electrons. The van der Waals surface area contributed by atoms with E-state index in [4.69, 9.17) is 4.74 Å². The van der Waals surface area contributed by atoms with E-state index in [0.29, 0.717) is 6.54 Å². The fourth-order valence-electron chi connectivity index (χ4n) is 6.21. The molecule has 2 heterocycles. The number of para-hydroxylation sites is 1. The third-order valence-electron chi connectivity index (χ3n) is 8.05. The van der Waals surface area contributed by atoms with E-state index in [1.807, 2.05) is 54.6 Å². The average molecular weight is 527 g/mol.